The van der Waals surface area contributed by atoms with Gasteiger partial charge in [0.15, 0.2) is 11.5 Å². The first-order valence-corrected chi connectivity index (χ1v) is 11.6. The molecule has 0 bridgehead atoms. The molecular formula is C28H27N5O3. The standard InChI is InChI=1S/C28H27N5O3/c1-18-8-7-9-20(14-18)16-36-23-13-12-21(15-24(23)35-3)26-25(19(2)31-28-29-17-30-33(26)28)27(34)32-22-10-5-4-6-11-22/h4-15,17,26H,16H2,1-3H3,(H,32,34)(H,29,30,31)/t26-/m0/s1. The minimum absolute atomic E-state index is 0.226. The highest BCUT2D eigenvalue weighted by molar-refractivity contribution is 6.06. The van der Waals surface area contributed by atoms with Crippen molar-refractivity contribution >= 4 is 17.5 Å². The number of aromatic nitrogens is 3. The topological polar surface area (TPSA) is 90.3 Å². The predicted octanol–water partition coefficient (Wildman–Crippen LogP) is 5.10. The fourth-order valence-electron chi connectivity index (χ4n) is 4.35. The van der Waals surface area contributed by atoms with Gasteiger partial charge in [-0.05, 0) is 49.2 Å². The van der Waals surface area contributed by atoms with Crippen LogP contribution in [0.5, 0.6) is 11.5 Å². The molecule has 8 nitrogen and oxygen atoms in total. The summed E-state index contributed by atoms with van der Waals surface area (Å²) in [7, 11) is 1.60. The molecule has 4 aromatic rings. The average Bonchev–Trinajstić information content (AvgIpc) is 3.35. The number of nitrogens with one attached hydrogen (secondary N) is 2. The van der Waals surface area contributed by atoms with Crippen molar-refractivity contribution in [2.75, 3.05) is 17.7 Å². The molecule has 0 fully saturated rings. The fraction of sp³-hybridized carbons (Fsp3) is 0.179. The average molecular weight is 482 g/mol. The van der Waals surface area contributed by atoms with Gasteiger partial charge in [-0.1, -0.05) is 54.1 Å². The maximum absolute atomic E-state index is 13.5. The van der Waals surface area contributed by atoms with E-state index in [1.807, 2.05) is 67.6 Å². The summed E-state index contributed by atoms with van der Waals surface area (Å²) >= 11 is 0. The Kier molecular flexibility index (Phi) is 6.40. The monoisotopic (exact) mass is 481 g/mol. The van der Waals surface area contributed by atoms with E-state index in [0.717, 1.165) is 11.1 Å². The van der Waals surface area contributed by atoms with E-state index in [2.05, 4.69) is 39.8 Å². The smallest absolute Gasteiger partial charge is 0.255 e. The first kappa shape index (κ1) is 23.2. The number of ether oxygens (including phenoxy) is 2. The molecule has 1 atom stereocenters. The molecule has 1 aliphatic rings. The van der Waals surface area contributed by atoms with E-state index in [0.29, 0.717) is 41.0 Å². The maximum Gasteiger partial charge on any atom is 0.255 e. The van der Waals surface area contributed by atoms with E-state index in [1.54, 1.807) is 11.8 Å². The molecule has 0 radical (unpaired) electrons. The van der Waals surface area contributed by atoms with Crippen molar-refractivity contribution in [2.45, 2.75) is 26.5 Å². The van der Waals surface area contributed by atoms with Crippen molar-refractivity contribution in [3.05, 3.63) is 107 Å². The lowest BCUT2D eigenvalue weighted by Gasteiger charge is -2.29. The van der Waals surface area contributed by atoms with Gasteiger partial charge >= 0.3 is 0 Å². The molecule has 0 unspecified atom stereocenters. The Morgan fingerprint density at radius 1 is 1.03 bits per heavy atom. The minimum Gasteiger partial charge on any atom is -0.493 e. The summed E-state index contributed by atoms with van der Waals surface area (Å²) in [6.07, 6.45) is 1.47. The summed E-state index contributed by atoms with van der Waals surface area (Å²) in [5.74, 6) is 1.52. The van der Waals surface area contributed by atoms with Crippen LogP contribution in [0.25, 0.3) is 0 Å². The van der Waals surface area contributed by atoms with E-state index >= 15 is 0 Å². The number of fused-ring (bicyclic) bond motifs is 1. The maximum atomic E-state index is 13.5. The van der Waals surface area contributed by atoms with Gasteiger partial charge in [-0.3, -0.25) is 4.79 Å². The Hall–Kier alpha value is -4.59. The molecular weight excluding hydrogens is 454 g/mol. The van der Waals surface area contributed by atoms with Crippen LogP contribution < -0.4 is 20.1 Å². The second kappa shape index (κ2) is 9.95. The van der Waals surface area contributed by atoms with Gasteiger partial charge in [0.25, 0.3) is 5.91 Å². The van der Waals surface area contributed by atoms with Crippen LogP contribution >= 0.6 is 0 Å². The molecule has 5 rings (SSSR count). The molecule has 36 heavy (non-hydrogen) atoms. The molecule has 0 spiro atoms. The first-order valence-electron chi connectivity index (χ1n) is 11.6. The number of carbonyl (C=O) groups excluding carboxylic acids is 1. The number of methoxy groups -OCH3 is 1. The zero-order chi connectivity index (χ0) is 25.1. The van der Waals surface area contributed by atoms with Crippen LogP contribution in [0.4, 0.5) is 11.6 Å². The highest BCUT2D eigenvalue weighted by atomic mass is 16.5. The molecule has 0 saturated carbocycles. The minimum atomic E-state index is -0.507. The van der Waals surface area contributed by atoms with Gasteiger partial charge in [-0.2, -0.15) is 10.1 Å². The van der Waals surface area contributed by atoms with Crippen molar-refractivity contribution in [3.8, 4) is 11.5 Å². The molecule has 2 heterocycles. The molecule has 1 aliphatic heterocycles. The zero-order valence-electron chi connectivity index (χ0n) is 20.4. The van der Waals surface area contributed by atoms with Crippen molar-refractivity contribution in [3.63, 3.8) is 0 Å². The van der Waals surface area contributed by atoms with E-state index in [1.165, 1.54) is 11.9 Å². The normalized spacial score (nSPS) is 14.6. The summed E-state index contributed by atoms with van der Waals surface area (Å²) in [4.78, 5) is 17.8. The number of hydrogen-bond acceptors (Lipinski definition) is 6. The Balaban J connectivity index is 1.47. The van der Waals surface area contributed by atoms with Gasteiger partial charge in [0.1, 0.15) is 19.0 Å². The third-order valence-electron chi connectivity index (χ3n) is 6.05. The molecule has 182 valence electrons. The summed E-state index contributed by atoms with van der Waals surface area (Å²) in [6.45, 7) is 4.33. The van der Waals surface area contributed by atoms with E-state index in [9.17, 15) is 4.79 Å². The molecule has 0 saturated heterocycles. The number of allylic oxidation sites excluding steroid dienone is 1. The SMILES string of the molecule is COc1cc([C@H]2C(C(=O)Nc3ccccc3)=C(C)Nc3ncnn32)ccc1OCc1cccc(C)c1. The van der Waals surface area contributed by atoms with Crippen LogP contribution in [0.15, 0.2) is 90.4 Å². The molecule has 1 aromatic heterocycles. The van der Waals surface area contributed by atoms with Crippen molar-refractivity contribution in [2.24, 2.45) is 0 Å². The second-order valence-corrected chi connectivity index (χ2v) is 8.60. The highest BCUT2D eigenvalue weighted by Gasteiger charge is 2.34. The summed E-state index contributed by atoms with van der Waals surface area (Å²) < 4.78 is 13.5. The van der Waals surface area contributed by atoms with Crippen LogP contribution in [0, 0.1) is 6.92 Å². The number of benzene rings is 3. The molecule has 2 N–H and O–H groups in total. The lowest BCUT2D eigenvalue weighted by molar-refractivity contribution is -0.113. The van der Waals surface area contributed by atoms with E-state index in [4.69, 9.17) is 9.47 Å². The molecule has 8 heteroatoms. The van der Waals surface area contributed by atoms with Gasteiger partial charge in [-0.15, -0.1) is 0 Å². The number of nitrogens with zero attached hydrogens (tertiary/aromatic N) is 3. The highest BCUT2D eigenvalue weighted by Crippen LogP contribution is 2.39. The molecule has 1 amide bonds. The summed E-state index contributed by atoms with van der Waals surface area (Å²) in [5, 5.41) is 10.6. The van der Waals surface area contributed by atoms with Crippen LogP contribution in [0.1, 0.15) is 29.7 Å². The van der Waals surface area contributed by atoms with E-state index in [-0.39, 0.29) is 5.91 Å². The number of amides is 1. The van der Waals surface area contributed by atoms with E-state index < -0.39 is 6.04 Å². The van der Waals surface area contributed by atoms with Crippen molar-refractivity contribution in [1.82, 2.24) is 14.8 Å². The first-order chi connectivity index (χ1) is 17.5. The van der Waals surface area contributed by atoms with Gasteiger partial charge in [0.05, 0.1) is 12.7 Å². The Morgan fingerprint density at radius 3 is 2.64 bits per heavy atom. The van der Waals surface area contributed by atoms with Crippen LogP contribution in [-0.4, -0.2) is 27.8 Å². The van der Waals surface area contributed by atoms with Crippen molar-refractivity contribution < 1.29 is 14.3 Å². The Morgan fingerprint density at radius 2 is 1.86 bits per heavy atom. The third kappa shape index (κ3) is 4.65. The molecule has 3 aromatic carbocycles. The molecule has 0 aliphatic carbocycles. The van der Waals surface area contributed by atoms with Gasteiger partial charge in [0, 0.05) is 11.4 Å². The van der Waals surface area contributed by atoms with Gasteiger partial charge in [-0.25, -0.2) is 4.68 Å². The Labute approximate surface area is 209 Å². The number of hydrogen-bond donors (Lipinski definition) is 2. The quantitative estimate of drug-likeness (QED) is 0.382. The van der Waals surface area contributed by atoms with Gasteiger partial charge < -0.3 is 20.1 Å². The lowest BCUT2D eigenvalue weighted by Crippen LogP contribution is -2.31. The number of rotatable bonds is 7. The predicted molar refractivity (Wildman–Crippen MR) is 138 cm³/mol. The second-order valence-electron chi connectivity index (χ2n) is 8.60. The third-order valence-corrected chi connectivity index (χ3v) is 6.05. The zero-order valence-corrected chi connectivity index (χ0v) is 20.4. The number of anilines is 2. The summed E-state index contributed by atoms with van der Waals surface area (Å²) in [5.41, 5.74) is 5.02. The lowest BCUT2D eigenvalue weighted by atomic mass is 9.94. The number of para-hydroxylation sites is 1. The fourth-order valence-corrected chi connectivity index (χ4v) is 4.35. The number of aryl methyl sites for hydroxylation is 1. The van der Waals surface area contributed by atoms with Crippen LogP contribution in [0.3, 0.4) is 0 Å². The number of carbonyl (C=O) groups is 1. The van der Waals surface area contributed by atoms with Crippen LogP contribution in [0.2, 0.25) is 0 Å². The van der Waals surface area contributed by atoms with Crippen molar-refractivity contribution in [1.29, 1.82) is 0 Å². The Bertz CT molecular complexity index is 1430. The van der Waals surface area contributed by atoms with Crippen LogP contribution in [-0.2, 0) is 11.4 Å². The van der Waals surface area contributed by atoms with Gasteiger partial charge in [0.2, 0.25) is 5.95 Å². The largest absolute Gasteiger partial charge is 0.493 e. The summed E-state index contributed by atoms with van der Waals surface area (Å²) in [6, 6.07) is 22.7.